The number of ether oxygens (including phenoxy) is 2. The van der Waals surface area contributed by atoms with Crippen molar-refractivity contribution in [3.8, 4) is 23.3 Å². The second-order valence-corrected chi connectivity index (χ2v) is 7.07. The molecular formula is C21H21F3N4O3. The van der Waals surface area contributed by atoms with E-state index in [1.807, 2.05) is 25.9 Å². The number of alkyl halides is 3. The van der Waals surface area contributed by atoms with Crippen molar-refractivity contribution in [1.82, 2.24) is 9.88 Å². The molecule has 1 aromatic carbocycles. The summed E-state index contributed by atoms with van der Waals surface area (Å²) in [5.74, 6) is 5.37. The molecule has 0 aliphatic carbocycles. The van der Waals surface area contributed by atoms with E-state index in [1.54, 1.807) is 12.1 Å². The number of amides is 1. The summed E-state index contributed by atoms with van der Waals surface area (Å²) in [6, 6.07) is 7.07. The van der Waals surface area contributed by atoms with Crippen LogP contribution in [0.15, 0.2) is 30.3 Å². The zero-order valence-corrected chi connectivity index (χ0v) is 17.1. The van der Waals surface area contributed by atoms with Crippen LogP contribution in [0, 0.1) is 18.8 Å². The van der Waals surface area contributed by atoms with Gasteiger partial charge in [-0.3, -0.25) is 9.69 Å². The van der Waals surface area contributed by atoms with Gasteiger partial charge in [0.1, 0.15) is 17.2 Å². The number of halogens is 3. The van der Waals surface area contributed by atoms with Crippen molar-refractivity contribution in [1.29, 1.82) is 0 Å². The minimum absolute atomic E-state index is 0.0647. The molecule has 2 N–H and O–H groups in total. The Labute approximate surface area is 177 Å². The van der Waals surface area contributed by atoms with Crippen molar-refractivity contribution in [2.45, 2.75) is 19.4 Å². The number of aromatic nitrogens is 1. The lowest BCUT2D eigenvalue weighted by Crippen LogP contribution is -2.41. The van der Waals surface area contributed by atoms with Gasteiger partial charge in [0.05, 0.1) is 24.5 Å². The molecule has 1 amide bonds. The minimum Gasteiger partial charge on any atom is -0.477 e. The number of pyridine rings is 1. The lowest BCUT2D eigenvalue weighted by molar-refractivity contribution is -0.274. The van der Waals surface area contributed by atoms with Gasteiger partial charge in [-0.2, -0.15) is 0 Å². The Morgan fingerprint density at radius 2 is 2.13 bits per heavy atom. The first-order valence-electron chi connectivity index (χ1n) is 9.33. The first-order chi connectivity index (χ1) is 14.6. The van der Waals surface area contributed by atoms with E-state index in [1.165, 1.54) is 12.1 Å². The summed E-state index contributed by atoms with van der Waals surface area (Å²) in [6.45, 7) is 2.43. The van der Waals surface area contributed by atoms with Gasteiger partial charge in [-0.25, -0.2) is 4.98 Å². The van der Waals surface area contributed by atoms with Crippen molar-refractivity contribution in [3.63, 3.8) is 0 Å². The number of carbonyl (C=O) groups excluding carboxylic acids is 1. The van der Waals surface area contributed by atoms with Crippen LogP contribution in [0.2, 0.25) is 0 Å². The molecule has 1 aliphatic heterocycles. The molecule has 1 atom stereocenters. The molecule has 1 aromatic heterocycles. The number of carbonyl (C=O) groups is 1. The van der Waals surface area contributed by atoms with E-state index in [0.717, 1.165) is 11.8 Å². The fraction of sp³-hybridized carbons (Fsp3) is 0.333. The van der Waals surface area contributed by atoms with Crippen LogP contribution < -0.4 is 20.1 Å². The van der Waals surface area contributed by atoms with E-state index in [0.29, 0.717) is 23.6 Å². The summed E-state index contributed by atoms with van der Waals surface area (Å²) in [6.07, 6.45) is -5.69. The number of anilines is 2. The van der Waals surface area contributed by atoms with E-state index in [2.05, 4.69) is 32.2 Å². The standard InChI is InChI=1S/C21H21F3N4O3/c1-13-6-8-16(15(26-13)5-4-10-28(2)3)27-20(29)19-12-25-17-11-14(31-21(22,23)24)7-9-18(17)30-19/h6-9,11,19,25H,10,12H2,1-3H3,(H,27,29). The van der Waals surface area contributed by atoms with Crippen molar-refractivity contribution >= 4 is 17.3 Å². The van der Waals surface area contributed by atoms with Crippen LogP contribution in [-0.2, 0) is 4.79 Å². The normalized spacial score (nSPS) is 15.1. The predicted molar refractivity (Wildman–Crippen MR) is 109 cm³/mol. The molecule has 0 radical (unpaired) electrons. The first kappa shape index (κ1) is 22.2. The molecule has 2 aromatic rings. The van der Waals surface area contributed by atoms with Gasteiger partial charge in [0.2, 0.25) is 0 Å². The van der Waals surface area contributed by atoms with Crippen LogP contribution in [0.25, 0.3) is 0 Å². The maximum Gasteiger partial charge on any atom is 0.573 e. The van der Waals surface area contributed by atoms with Crippen molar-refractivity contribution in [2.75, 3.05) is 37.8 Å². The van der Waals surface area contributed by atoms with Gasteiger partial charge in [-0.15, -0.1) is 13.2 Å². The molecule has 1 aliphatic rings. The van der Waals surface area contributed by atoms with E-state index in [-0.39, 0.29) is 18.0 Å². The molecule has 7 nitrogen and oxygen atoms in total. The molecule has 0 bridgehead atoms. The third-order valence-electron chi connectivity index (χ3n) is 4.12. The van der Waals surface area contributed by atoms with Gasteiger partial charge in [0, 0.05) is 11.8 Å². The molecule has 3 rings (SSSR count). The average Bonchev–Trinajstić information content (AvgIpc) is 2.68. The quantitative estimate of drug-likeness (QED) is 0.721. The number of benzene rings is 1. The number of nitrogens with one attached hydrogen (secondary N) is 2. The third-order valence-corrected chi connectivity index (χ3v) is 4.12. The van der Waals surface area contributed by atoms with Gasteiger partial charge in [-0.05, 0) is 51.2 Å². The molecule has 2 heterocycles. The number of hydrogen-bond acceptors (Lipinski definition) is 6. The number of nitrogens with zero attached hydrogens (tertiary/aromatic N) is 2. The van der Waals surface area contributed by atoms with Crippen LogP contribution in [0.5, 0.6) is 11.5 Å². The minimum atomic E-state index is -4.79. The Kier molecular flexibility index (Phi) is 6.56. The van der Waals surface area contributed by atoms with Gasteiger partial charge < -0.3 is 20.1 Å². The lowest BCUT2D eigenvalue weighted by Gasteiger charge is -2.27. The second kappa shape index (κ2) is 9.14. The predicted octanol–water partition coefficient (Wildman–Crippen LogP) is 3.01. The van der Waals surface area contributed by atoms with E-state index < -0.39 is 18.4 Å². The maximum atomic E-state index is 12.7. The summed E-state index contributed by atoms with van der Waals surface area (Å²) in [5.41, 5.74) is 1.95. The topological polar surface area (TPSA) is 75.7 Å². The van der Waals surface area contributed by atoms with E-state index >= 15 is 0 Å². The molecule has 10 heteroatoms. The zero-order chi connectivity index (χ0) is 22.6. The van der Waals surface area contributed by atoms with Gasteiger partial charge >= 0.3 is 6.36 Å². The van der Waals surface area contributed by atoms with Gasteiger partial charge in [-0.1, -0.05) is 5.92 Å². The summed E-state index contributed by atoms with van der Waals surface area (Å²) >= 11 is 0. The Bertz CT molecular complexity index is 1030. The number of aryl methyl sites for hydroxylation is 1. The van der Waals surface area contributed by atoms with Crippen LogP contribution >= 0.6 is 0 Å². The number of rotatable bonds is 4. The van der Waals surface area contributed by atoms with E-state index in [4.69, 9.17) is 4.74 Å². The summed E-state index contributed by atoms with van der Waals surface area (Å²) in [4.78, 5) is 19.0. The van der Waals surface area contributed by atoms with Crippen LogP contribution in [0.1, 0.15) is 11.4 Å². The largest absolute Gasteiger partial charge is 0.573 e. The first-order valence-corrected chi connectivity index (χ1v) is 9.33. The van der Waals surface area contributed by atoms with Crippen LogP contribution in [0.4, 0.5) is 24.5 Å². The zero-order valence-electron chi connectivity index (χ0n) is 17.1. The summed E-state index contributed by atoms with van der Waals surface area (Å²) < 4.78 is 46.7. The highest BCUT2D eigenvalue weighted by Crippen LogP contribution is 2.34. The maximum absolute atomic E-state index is 12.7. The van der Waals surface area contributed by atoms with E-state index in [9.17, 15) is 18.0 Å². The van der Waals surface area contributed by atoms with Crippen molar-refractivity contribution in [2.24, 2.45) is 0 Å². The molecule has 0 fully saturated rings. The SMILES string of the molecule is Cc1ccc(NC(=O)C2CNc3cc(OC(F)(F)F)ccc3O2)c(C#CCN(C)C)n1. The molecular weight excluding hydrogens is 413 g/mol. The van der Waals surface area contributed by atoms with Gasteiger partial charge in [0.15, 0.2) is 6.10 Å². The van der Waals surface area contributed by atoms with Crippen LogP contribution in [-0.4, -0.2) is 55.4 Å². The Hall–Kier alpha value is -3.45. The lowest BCUT2D eigenvalue weighted by atomic mass is 10.2. The third kappa shape index (κ3) is 6.26. The average molecular weight is 434 g/mol. The smallest absolute Gasteiger partial charge is 0.477 e. The molecule has 0 saturated carbocycles. The highest BCUT2D eigenvalue weighted by molar-refractivity contribution is 5.96. The van der Waals surface area contributed by atoms with Gasteiger partial charge in [0.25, 0.3) is 5.91 Å². The molecule has 164 valence electrons. The number of fused-ring (bicyclic) bond motifs is 1. The Morgan fingerprint density at radius 1 is 1.35 bits per heavy atom. The highest BCUT2D eigenvalue weighted by Gasteiger charge is 2.32. The fourth-order valence-corrected chi connectivity index (χ4v) is 2.74. The number of hydrogen-bond donors (Lipinski definition) is 2. The Morgan fingerprint density at radius 3 is 2.84 bits per heavy atom. The fourth-order valence-electron chi connectivity index (χ4n) is 2.74. The molecule has 31 heavy (non-hydrogen) atoms. The molecule has 0 saturated heterocycles. The summed E-state index contributed by atoms with van der Waals surface area (Å²) in [7, 11) is 3.79. The highest BCUT2D eigenvalue weighted by atomic mass is 19.4. The Balaban J connectivity index is 1.71. The molecule has 1 unspecified atom stereocenters. The van der Waals surface area contributed by atoms with Crippen molar-refractivity contribution in [3.05, 3.63) is 41.7 Å². The monoisotopic (exact) mass is 434 g/mol. The molecule has 0 spiro atoms. The van der Waals surface area contributed by atoms with Crippen molar-refractivity contribution < 1.29 is 27.4 Å². The van der Waals surface area contributed by atoms with Crippen LogP contribution in [0.3, 0.4) is 0 Å². The second-order valence-electron chi connectivity index (χ2n) is 7.07. The summed E-state index contributed by atoms with van der Waals surface area (Å²) in [5, 5.41) is 5.66.